The molecule has 0 fully saturated rings. The van der Waals surface area contributed by atoms with Crippen LogP contribution in [0.1, 0.15) is 29.5 Å². The maximum Gasteiger partial charge on any atom is 0.251 e. The van der Waals surface area contributed by atoms with E-state index < -0.39 is 5.91 Å². The molecule has 7 heteroatoms. The molecule has 3 N–H and O–H groups in total. The Morgan fingerprint density at radius 1 is 1.47 bits per heavy atom. The number of nitrogens with zero attached hydrogens (tertiary/aromatic N) is 4. The number of anilines is 1. The second-order valence-corrected chi connectivity index (χ2v) is 4.07. The zero-order valence-corrected chi connectivity index (χ0v) is 10.9. The molecule has 0 spiro atoms. The number of nitrogens with one attached hydrogen (secondary N) is 1. The van der Waals surface area contributed by atoms with Crippen LogP contribution < -0.4 is 11.1 Å². The fourth-order valence-corrected chi connectivity index (χ4v) is 1.64. The number of aryl methyl sites for hydroxylation is 1. The van der Waals surface area contributed by atoms with Crippen LogP contribution in [0.5, 0.6) is 0 Å². The summed E-state index contributed by atoms with van der Waals surface area (Å²) in [5.41, 5.74) is 5.55. The van der Waals surface area contributed by atoms with Gasteiger partial charge in [-0.3, -0.25) is 4.79 Å². The van der Waals surface area contributed by atoms with E-state index in [1.54, 1.807) is 19.3 Å². The van der Waals surface area contributed by atoms with Gasteiger partial charge in [-0.25, -0.2) is 14.6 Å². The molecule has 0 unspecified atom stereocenters. The maximum atomic E-state index is 11.1. The number of amides is 1. The van der Waals surface area contributed by atoms with Crippen molar-refractivity contribution < 1.29 is 4.79 Å². The Kier molecular flexibility index (Phi) is 3.74. The number of carbonyl (C=O) groups excluding carboxylic acids is 1. The van der Waals surface area contributed by atoms with Crippen LogP contribution in [0.25, 0.3) is 5.82 Å². The molecule has 0 aromatic carbocycles. The molecular weight excluding hydrogens is 244 g/mol. The molecular formula is C12H16N6O. The first kappa shape index (κ1) is 13.0. The van der Waals surface area contributed by atoms with Gasteiger partial charge in [0.05, 0.1) is 11.8 Å². The largest absolute Gasteiger partial charge is 0.373 e. The van der Waals surface area contributed by atoms with Gasteiger partial charge < -0.3 is 11.1 Å². The molecule has 0 radical (unpaired) electrons. The molecule has 100 valence electrons. The predicted molar refractivity (Wildman–Crippen MR) is 71.2 cm³/mol. The van der Waals surface area contributed by atoms with Gasteiger partial charge in [0.15, 0.2) is 5.82 Å². The molecule has 0 bridgehead atoms. The summed E-state index contributed by atoms with van der Waals surface area (Å²) in [5.74, 6) is 1.54. The van der Waals surface area contributed by atoms with Crippen molar-refractivity contribution in [1.29, 1.82) is 0 Å². The number of hydrogen-bond donors (Lipinski definition) is 2. The number of primary amides is 1. The molecule has 7 nitrogen and oxygen atoms in total. The van der Waals surface area contributed by atoms with Gasteiger partial charge in [-0.15, -0.1) is 0 Å². The standard InChI is InChI=1S/C12H16N6O/c1-3-4-9-16-10(14-2)5-11(17-9)18-7-8(6-15-18)12(13)19/h5-7H,3-4H2,1-2H3,(H2,13,19)(H,14,16,17). The van der Waals surface area contributed by atoms with Gasteiger partial charge in [-0.1, -0.05) is 6.92 Å². The zero-order valence-electron chi connectivity index (χ0n) is 10.9. The maximum absolute atomic E-state index is 11.1. The molecule has 0 saturated carbocycles. The van der Waals surface area contributed by atoms with Crippen molar-refractivity contribution in [2.75, 3.05) is 12.4 Å². The van der Waals surface area contributed by atoms with E-state index in [1.807, 2.05) is 0 Å². The summed E-state index contributed by atoms with van der Waals surface area (Å²) in [6.07, 6.45) is 4.72. The van der Waals surface area contributed by atoms with Gasteiger partial charge >= 0.3 is 0 Å². The Balaban J connectivity index is 2.41. The Hall–Kier alpha value is -2.44. The summed E-state index contributed by atoms with van der Waals surface area (Å²) in [6.45, 7) is 2.06. The lowest BCUT2D eigenvalue weighted by Gasteiger charge is -2.07. The van der Waals surface area contributed by atoms with Crippen LogP contribution in [0.4, 0.5) is 5.82 Å². The summed E-state index contributed by atoms with van der Waals surface area (Å²) in [7, 11) is 1.79. The smallest absolute Gasteiger partial charge is 0.251 e. The van der Waals surface area contributed by atoms with Crippen LogP contribution in [0.3, 0.4) is 0 Å². The monoisotopic (exact) mass is 260 g/mol. The van der Waals surface area contributed by atoms with Gasteiger partial charge in [-0.05, 0) is 6.42 Å². The minimum atomic E-state index is -0.511. The number of aromatic nitrogens is 4. The summed E-state index contributed by atoms with van der Waals surface area (Å²) < 4.78 is 1.52. The fourth-order valence-electron chi connectivity index (χ4n) is 1.64. The van der Waals surface area contributed by atoms with Crippen molar-refractivity contribution in [3.8, 4) is 5.82 Å². The van der Waals surface area contributed by atoms with Crippen molar-refractivity contribution in [1.82, 2.24) is 19.7 Å². The van der Waals surface area contributed by atoms with E-state index in [1.165, 1.54) is 10.9 Å². The highest BCUT2D eigenvalue weighted by molar-refractivity contribution is 5.92. The Bertz CT molecular complexity index is 592. The van der Waals surface area contributed by atoms with Crippen LogP contribution in [-0.4, -0.2) is 32.7 Å². The van der Waals surface area contributed by atoms with Crippen molar-refractivity contribution >= 4 is 11.7 Å². The van der Waals surface area contributed by atoms with Crippen molar-refractivity contribution in [2.24, 2.45) is 5.73 Å². The number of rotatable bonds is 5. The first-order valence-corrected chi connectivity index (χ1v) is 6.04. The molecule has 2 aromatic rings. The molecule has 0 aliphatic rings. The number of carbonyl (C=O) groups is 1. The summed E-state index contributed by atoms with van der Waals surface area (Å²) >= 11 is 0. The molecule has 2 rings (SSSR count). The predicted octanol–water partition coefficient (Wildman–Crippen LogP) is 0.755. The quantitative estimate of drug-likeness (QED) is 0.826. The highest BCUT2D eigenvalue weighted by atomic mass is 16.1. The molecule has 2 aromatic heterocycles. The van der Waals surface area contributed by atoms with Gasteiger partial charge in [0.1, 0.15) is 11.6 Å². The van der Waals surface area contributed by atoms with Crippen LogP contribution in [0, 0.1) is 0 Å². The molecule has 0 aliphatic heterocycles. The Labute approximate surface area is 110 Å². The van der Waals surface area contributed by atoms with Gasteiger partial charge in [-0.2, -0.15) is 5.10 Å². The Morgan fingerprint density at radius 3 is 2.84 bits per heavy atom. The molecule has 0 aliphatic carbocycles. The molecule has 2 heterocycles. The average Bonchev–Trinajstić information content (AvgIpc) is 2.88. The molecule has 1 amide bonds. The lowest BCUT2D eigenvalue weighted by molar-refractivity contribution is 0.100. The first-order chi connectivity index (χ1) is 9.13. The van der Waals surface area contributed by atoms with E-state index in [9.17, 15) is 4.79 Å². The second-order valence-electron chi connectivity index (χ2n) is 4.07. The minimum Gasteiger partial charge on any atom is -0.373 e. The third-order valence-corrected chi connectivity index (χ3v) is 2.59. The van der Waals surface area contributed by atoms with E-state index in [0.29, 0.717) is 17.2 Å². The molecule has 0 saturated heterocycles. The normalized spacial score (nSPS) is 10.4. The third-order valence-electron chi connectivity index (χ3n) is 2.59. The van der Waals surface area contributed by atoms with E-state index in [2.05, 4.69) is 27.3 Å². The second kappa shape index (κ2) is 5.47. The highest BCUT2D eigenvalue weighted by Crippen LogP contribution is 2.12. The lowest BCUT2D eigenvalue weighted by Crippen LogP contribution is -2.10. The van der Waals surface area contributed by atoms with Gasteiger partial charge in [0, 0.05) is 25.7 Å². The van der Waals surface area contributed by atoms with Crippen molar-refractivity contribution in [3.05, 3.63) is 29.8 Å². The lowest BCUT2D eigenvalue weighted by atomic mass is 10.3. The van der Waals surface area contributed by atoms with E-state index in [0.717, 1.165) is 18.7 Å². The topological polar surface area (TPSA) is 98.7 Å². The third kappa shape index (κ3) is 2.87. The summed E-state index contributed by atoms with van der Waals surface area (Å²) in [5, 5.41) is 7.06. The van der Waals surface area contributed by atoms with Crippen LogP contribution in [-0.2, 0) is 6.42 Å². The molecule has 19 heavy (non-hydrogen) atoms. The Morgan fingerprint density at radius 2 is 2.26 bits per heavy atom. The average molecular weight is 260 g/mol. The fraction of sp³-hybridized carbons (Fsp3) is 0.333. The minimum absolute atomic E-state index is 0.349. The van der Waals surface area contributed by atoms with E-state index >= 15 is 0 Å². The van der Waals surface area contributed by atoms with Crippen LogP contribution in [0.2, 0.25) is 0 Å². The van der Waals surface area contributed by atoms with Gasteiger partial charge in [0.25, 0.3) is 5.91 Å². The zero-order chi connectivity index (χ0) is 13.8. The van der Waals surface area contributed by atoms with Crippen LogP contribution >= 0.6 is 0 Å². The van der Waals surface area contributed by atoms with Gasteiger partial charge in [0.2, 0.25) is 0 Å². The number of nitrogens with two attached hydrogens (primary N) is 1. The van der Waals surface area contributed by atoms with E-state index in [-0.39, 0.29) is 0 Å². The first-order valence-electron chi connectivity index (χ1n) is 6.04. The summed E-state index contributed by atoms with van der Waals surface area (Å²) in [6, 6.07) is 1.76. The SMILES string of the molecule is CCCc1nc(NC)cc(-n2cc(C(N)=O)cn2)n1. The highest BCUT2D eigenvalue weighted by Gasteiger charge is 2.09. The molecule has 0 atom stereocenters. The number of hydrogen-bond acceptors (Lipinski definition) is 5. The van der Waals surface area contributed by atoms with Crippen molar-refractivity contribution in [2.45, 2.75) is 19.8 Å². The van der Waals surface area contributed by atoms with Crippen LogP contribution in [0.15, 0.2) is 18.5 Å². The van der Waals surface area contributed by atoms with Crippen molar-refractivity contribution in [3.63, 3.8) is 0 Å². The summed E-state index contributed by atoms with van der Waals surface area (Å²) in [4.78, 5) is 19.8. The van der Waals surface area contributed by atoms with E-state index in [4.69, 9.17) is 5.73 Å².